The van der Waals surface area contributed by atoms with Crippen LogP contribution in [0.3, 0.4) is 0 Å². The third-order valence-corrected chi connectivity index (χ3v) is 4.05. The summed E-state index contributed by atoms with van der Waals surface area (Å²) in [4.78, 5) is 29.3. The van der Waals surface area contributed by atoms with Crippen LogP contribution in [0, 0.1) is 0 Å². The van der Waals surface area contributed by atoms with Gasteiger partial charge < -0.3 is 24.5 Å². The molecule has 2 aliphatic heterocycles. The van der Waals surface area contributed by atoms with E-state index in [4.69, 9.17) is 14.6 Å². The smallest absolute Gasteiger partial charge is 0.277 e. The number of aromatic nitrogens is 2. The van der Waals surface area contributed by atoms with Crippen molar-refractivity contribution in [3.63, 3.8) is 0 Å². The zero-order valence-electron chi connectivity index (χ0n) is 13.7. The summed E-state index contributed by atoms with van der Waals surface area (Å²) >= 11 is 0. The number of aliphatic hydroxyl groups is 1. The first-order valence-corrected chi connectivity index (χ1v) is 8.05. The maximum atomic E-state index is 12.4. The maximum Gasteiger partial charge on any atom is 0.277 e. The van der Waals surface area contributed by atoms with Crippen LogP contribution in [0.1, 0.15) is 0 Å². The van der Waals surface area contributed by atoms with Gasteiger partial charge in [0.15, 0.2) is 11.5 Å². The fourth-order valence-electron chi connectivity index (χ4n) is 2.85. The molecule has 1 aromatic heterocycles. The van der Waals surface area contributed by atoms with E-state index >= 15 is 0 Å². The number of nitrogens with one attached hydrogen (secondary N) is 1. The Hall–Kier alpha value is -3.33. The number of fused-ring (bicyclic) bond motifs is 1. The number of anilines is 1. The van der Waals surface area contributed by atoms with Gasteiger partial charge in [-0.25, -0.2) is 4.98 Å². The number of rotatable bonds is 5. The number of β-amino-alcohol motifs (C(OH)–C–C–N with tert-alkyl or cyclic N) is 1. The van der Waals surface area contributed by atoms with E-state index in [2.05, 4.69) is 10.3 Å². The van der Waals surface area contributed by atoms with Crippen LogP contribution in [0.5, 0.6) is 11.5 Å². The van der Waals surface area contributed by atoms with Gasteiger partial charge in [-0.05, 0) is 0 Å². The number of carbonyl (C=O) groups is 2. The van der Waals surface area contributed by atoms with Gasteiger partial charge in [-0.1, -0.05) is 0 Å². The van der Waals surface area contributed by atoms with E-state index in [0.717, 1.165) is 4.90 Å². The Morgan fingerprint density at radius 2 is 1.96 bits per heavy atom. The highest BCUT2D eigenvalue weighted by Gasteiger charge is 2.31. The number of carbonyl (C=O) groups excluding carboxylic acids is 2. The lowest BCUT2D eigenvalue weighted by Gasteiger charge is -2.22. The van der Waals surface area contributed by atoms with Crippen LogP contribution in [0.2, 0.25) is 0 Å². The highest BCUT2D eigenvalue weighted by molar-refractivity contribution is 6.17. The van der Waals surface area contributed by atoms with Gasteiger partial charge in [0.05, 0.1) is 30.9 Å². The average Bonchev–Trinajstić information content (AvgIpc) is 3.26. The van der Waals surface area contributed by atoms with Crippen molar-refractivity contribution in [2.24, 2.45) is 0 Å². The minimum atomic E-state index is -0.490. The van der Waals surface area contributed by atoms with Crippen molar-refractivity contribution in [1.29, 1.82) is 0 Å². The Balaban J connectivity index is 1.71. The second-order valence-electron chi connectivity index (χ2n) is 5.68. The monoisotopic (exact) mass is 356 g/mol. The van der Waals surface area contributed by atoms with Crippen LogP contribution < -0.4 is 14.8 Å². The van der Waals surface area contributed by atoms with Crippen LogP contribution in [0.4, 0.5) is 5.69 Å². The van der Waals surface area contributed by atoms with Crippen LogP contribution in [0.15, 0.2) is 42.6 Å². The standard InChI is InChI=1S/C17H16N4O5/c22-4-3-21-16(23)8-12(17(21)24)19-11-7-14-15(26-6-5-25-14)9-13(11)20-2-1-18-10-20/h1-2,7-10,19,22H,3-6H2. The minimum absolute atomic E-state index is 0.0468. The number of imidazole rings is 1. The predicted molar refractivity (Wildman–Crippen MR) is 90.1 cm³/mol. The fourth-order valence-corrected chi connectivity index (χ4v) is 2.85. The molecule has 9 heteroatoms. The van der Waals surface area contributed by atoms with Crippen LogP contribution >= 0.6 is 0 Å². The Morgan fingerprint density at radius 3 is 2.65 bits per heavy atom. The van der Waals surface area contributed by atoms with E-state index in [9.17, 15) is 9.59 Å². The molecular weight excluding hydrogens is 340 g/mol. The Kier molecular flexibility index (Phi) is 4.05. The summed E-state index contributed by atoms with van der Waals surface area (Å²) in [7, 11) is 0. The number of ether oxygens (including phenoxy) is 2. The molecule has 9 nitrogen and oxygen atoms in total. The molecule has 4 rings (SSSR count). The topological polar surface area (TPSA) is 106 Å². The van der Waals surface area contributed by atoms with Gasteiger partial charge in [0.1, 0.15) is 18.9 Å². The van der Waals surface area contributed by atoms with E-state index < -0.39 is 11.8 Å². The molecule has 3 heterocycles. The molecule has 2 N–H and O–H groups in total. The molecule has 0 radical (unpaired) electrons. The maximum absolute atomic E-state index is 12.4. The molecule has 2 aromatic rings. The molecular formula is C17H16N4O5. The molecule has 0 unspecified atom stereocenters. The summed E-state index contributed by atoms with van der Waals surface area (Å²) in [6.45, 7) is 0.552. The first-order chi connectivity index (χ1) is 12.7. The van der Waals surface area contributed by atoms with Gasteiger partial charge in [0, 0.05) is 30.6 Å². The molecule has 0 atom stereocenters. The lowest BCUT2D eigenvalue weighted by molar-refractivity contribution is -0.137. The average molecular weight is 356 g/mol. The third kappa shape index (κ3) is 2.78. The van der Waals surface area contributed by atoms with Gasteiger partial charge in [-0.3, -0.25) is 14.5 Å². The Morgan fingerprint density at radius 1 is 1.19 bits per heavy atom. The molecule has 0 saturated carbocycles. The summed E-state index contributed by atoms with van der Waals surface area (Å²) in [5.41, 5.74) is 1.38. The minimum Gasteiger partial charge on any atom is -0.486 e. The van der Waals surface area contributed by atoms with Crippen molar-refractivity contribution in [2.75, 3.05) is 31.7 Å². The quantitative estimate of drug-likeness (QED) is 0.742. The van der Waals surface area contributed by atoms with Gasteiger partial charge in [-0.2, -0.15) is 0 Å². The van der Waals surface area contributed by atoms with Crippen LogP contribution in [-0.2, 0) is 9.59 Å². The van der Waals surface area contributed by atoms with Crippen molar-refractivity contribution < 1.29 is 24.2 Å². The predicted octanol–water partition coefficient (Wildman–Crippen LogP) is 0.300. The zero-order valence-corrected chi connectivity index (χ0v) is 13.7. The second-order valence-corrected chi connectivity index (χ2v) is 5.68. The lowest BCUT2D eigenvalue weighted by Crippen LogP contribution is -2.34. The van der Waals surface area contributed by atoms with Gasteiger partial charge >= 0.3 is 0 Å². The molecule has 26 heavy (non-hydrogen) atoms. The van der Waals surface area contributed by atoms with E-state index in [-0.39, 0.29) is 18.8 Å². The first-order valence-electron chi connectivity index (χ1n) is 8.05. The normalized spacial score (nSPS) is 16.0. The van der Waals surface area contributed by atoms with Crippen LogP contribution in [-0.4, -0.2) is 57.7 Å². The van der Waals surface area contributed by atoms with Gasteiger partial charge in [0.2, 0.25) is 0 Å². The lowest BCUT2D eigenvalue weighted by atomic mass is 10.2. The molecule has 2 amide bonds. The van der Waals surface area contributed by atoms with Gasteiger partial charge in [0.25, 0.3) is 11.8 Å². The molecule has 0 saturated heterocycles. The zero-order chi connectivity index (χ0) is 18.1. The number of amides is 2. The summed E-state index contributed by atoms with van der Waals surface area (Å²) in [5.74, 6) is 0.186. The molecule has 2 aliphatic rings. The molecule has 1 aromatic carbocycles. The van der Waals surface area contributed by atoms with Crippen molar-refractivity contribution in [1.82, 2.24) is 14.5 Å². The molecule has 0 fully saturated rings. The van der Waals surface area contributed by atoms with E-state index in [0.29, 0.717) is 36.1 Å². The number of aliphatic hydroxyl groups excluding tert-OH is 1. The number of hydrogen-bond acceptors (Lipinski definition) is 7. The van der Waals surface area contributed by atoms with E-state index in [1.54, 1.807) is 35.4 Å². The fraction of sp³-hybridized carbons (Fsp3) is 0.235. The van der Waals surface area contributed by atoms with Crippen molar-refractivity contribution in [2.45, 2.75) is 0 Å². The first kappa shape index (κ1) is 16.2. The van der Waals surface area contributed by atoms with E-state index in [1.807, 2.05) is 0 Å². The molecule has 0 bridgehead atoms. The summed E-state index contributed by atoms with van der Waals surface area (Å²) in [5, 5.41) is 12.0. The SMILES string of the molecule is O=C1C=C(Nc2cc3c(cc2-n2ccnc2)OCCO3)C(=O)N1CCO. The number of imide groups is 1. The molecule has 134 valence electrons. The Labute approximate surface area is 148 Å². The summed E-state index contributed by atoms with van der Waals surface area (Å²) < 4.78 is 13.0. The number of hydrogen-bond donors (Lipinski definition) is 2. The molecule has 0 aliphatic carbocycles. The number of benzene rings is 1. The number of nitrogens with zero attached hydrogens (tertiary/aromatic N) is 3. The molecule has 0 spiro atoms. The highest BCUT2D eigenvalue weighted by Crippen LogP contribution is 2.38. The third-order valence-electron chi connectivity index (χ3n) is 4.05. The largest absolute Gasteiger partial charge is 0.486 e. The summed E-state index contributed by atoms with van der Waals surface area (Å²) in [6, 6.07) is 3.50. The summed E-state index contributed by atoms with van der Waals surface area (Å²) in [6.07, 6.45) is 6.22. The highest BCUT2D eigenvalue weighted by atomic mass is 16.6. The Bertz CT molecular complexity index is 891. The van der Waals surface area contributed by atoms with Crippen LogP contribution in [0.25, 0.3) is 5.69 Å². The van der Waals surface area contributed by atoms with Crippen molar-refractivity contribution in [3.8, 4) is 17.2 Å². The van der Waals surface area contributed by atoms with E-state index in [1.165, 1.54) is 6.08 Å². The van der Waals surface area contributed by atoms with Gasteiger partial charge in [-0.15, -0.1) is 0 Å². The van der Waals surface area contributed by atoms with Crippen molar-refractivity contribution in [3.05, 3.63) is 42.6 Å². The van der Waals surface area contributed by atoms with Crippen molar-refractivity contribution >= 4 is 17.5 Å². The second kappa shape index (κ2) is 6.52.